The van der Waals surface area contributed by atoms with E-state index < -0.39 is 5.97 Å². The molecular weight excluding hydrogens is 236 g/mol. The highest BCUT2D eigenvalue weighted by atomic mass is 32.2. The maximum absolute atomic E-state index is 10.9. The Morgan fingerprint density at radius 3 is 2.88 bits per heavy atom. The van der Waals surface area contributed by atoms with E-state index in [0.29, 0.717) is 17.3 Å². The van der Waals surface area contributed by atoms with E-state index in [9.17, 15) is 4.79 Å². The number of anilines is 2. The summed E-state index contributed by atoms with van der Waals surface area (Å²) >= 11 is 1.79. The van der Waals surface area contributed by atoms with Crippen LogP contribution in [-0.4, -0.2) is 29.6 Å². The Kier molecular flexibility index (Phi) is 5.15. The van der Waals surface area contributed by atoms with E-state index in [1.165, 1.54) is 6.07 Å². The summed E-state index contributed by atoms with van der Waals surface area (Å²) < 4.78 is 0. The van der Waals surface area contributed by atoms with Gasteiger partial charge in [0.1, 0.15) is 0 Å². The first-order valence-corrected chi connectivity index (χ1v) is 6.80. The third-order valence-electron chi connectivity index (χ3n) is 2.43. The average Bonchev–Trinajstić information content (AvgIpc) is 2.27. The van der Waals surface area contributed by atoms with Gasteiger partial charge in [-0.25, -0.2) is 4.79 Å². The van der Waals surface area contributed by atoms with Gasteiger partial charge in [0.15, 0.2) is 0 Å². The van der Waals surface area contributed by atoms with E-state index >= 15 is 0 Å². The fourth-order valence-corrected chi connectivity index (χ4v) is 2.22. The van der Waals surface area contributed by atoms with Crippen molar-refractivity contribution in [2.24, 2.45) is 5.92 Å². The topological polar surface area (TPSA) is 75.3 Å². The number of rotatable bonds is 6. The second kappa shape index (κ2) is 6.39. The molecule has 0 saturated heterocycles. The Balaban J connectivity index is 2.72. The molecule has 0 aliphatic rings. The van der Waals surface area contributed by atoms with Crippen molar-refractivity contribution in [3.05, 3.63) is 23.8 Å². The molecule has 0 spiro atoms. The normalized spacial score (nSPS) is 12.1. The zero-order valence-corrected chi connectivity index (χ0v) is 10.9. The molecule has 0 amide bonds. The van der Waals surface area contributed by atoms with Crippen molar-refractivity contribution in [2.75, 3.05) is 29.6 Å². The number of carboxylic acids is 1. The standard InChI is InChI=1S/C12H18N2O2S/c1-8(7-17-2)6-14-10-5-3-4-9(11(10)13)12(15)16/h3-5,8,14H,6-7,13H2,1-2H3,(H,15,16). The lowest BCUT2D eigenvalue weighted by Gasteiger charge is -2.14. The fraction of sp³-hybridized carbons (Fsp3) is 0.417. The molecule has 0 bridgehead atoms. The minimum absolute atomic E-state index is 0.146. The molecule has 4 N–H and O–H groups in total. The average molecular weight is 254 g/mol. The zero-order chi connectivity index (χ0) is 12.8. The van der Waals surface area contributed by atoms with Gasteiger partial charge in [0.2, 0.25) is 0 Å². The number of carbonyl (C=O) groups is 1. The molecule has 5 heteroatoms. The number of carboxylic acid groups (broad SMARTS) is 1. The quantitative estimate of drug-likeness (QED) is 0.680. The highest BCUT2D eigenvalue weighted by Gasteiger charge is 2.11. The van der Waals surface area contributed by atoms with Crippen molar-refractivity contribution in [2.45, 2.75) is 6.92 Å². The number of thioether (sulfide) groups is 1. The highest BCUT2D eigenvalue weighted by Crippen LogP contribution is 2.23. The maximum Gasteiger partial charge on any atom is 0.337 e. The molecule has 94 valence electrons. The Labute approximate surface area is 106 Å². The van der Waals surface area contributed by atoms with Crippen molar-refractivity contribution < 1.29 is 9.90 Å². The number of aromatic carboxylic acids is 1. The third kappa shape index (κ3) is 3.85. The second-order valence-corrected chi connectivity index (χ2v) is 4.92. The number of benzene rings is 1. The van der Waals surface area contributed by atoms with Crippen LogP contribution in [0.2, 0.25) is 0 Å². The summed E-state index contributed by atoms with van der Waals surface area (Å²) in [7, 11) is 0. The predicted octanol–water partition coefficient (Wildman–Crippen LogP) is 2.38. The van der Waals surface area contributed by atoms with E-state index in [-0.39, 0.29) is 5.56 Å². The highest BCUT2D eigenvalue weighted by molar-refractivity contribution is 7.98. The van der Waals surface area contributed by atoms with Gasteiger partial charge in [-0.1, -0.05) is 13.0 Å². The molecule has 1 aromatic carbocycles. The van der Waals surface area contributed by atoms with E-state index in [1.54, 1.807) is 23.9 Å². The Bertz CT molecular complexity index is 396. The Morgan fingerprint density at radius 2 is 2.29 bits per heavy atom. The number of hydrogen-bond donors (Lipinski definition) is 3. The number of nitrogens with one attached hydrogen (secondary N) is 1. The van der Waals surface area contributed by atoms with Crippen LogP contribution in [0.3, 0.4) is 0 Å². The van der Waals surface area contributed by atoms with Crippen LogP contribution in [-0.2, 0) is 0 Å². The molecule has 1 rings (SSSR count). The molecular formula is C12H18N2O2S. The van der Waals surface area contributed by atoms with Crippen LogP contribution in [0.1, 0.15) is 17.3 Å². The van der Waals surface area contributed by atoms with E-state index in [2.05, 4.69) is 18.5 Å². The number of nitrogens with two attached hydrogens (primary N) is 1. The predicted molar refractivity (Wildman–Crippen MR) is 73.8 cm³/mol. The fourth-order valence-electron chi connectivity index (χ4n) is 1.53. The van der Waals surface area contributed by atoms with Gasteiger partial charge in [-0.15, -0.1) is 0 Å². The first-order valence-electron chi connectivity index (χ1n) is 5.40. The second-order valence-electron chi connectivity index (χ2n) is 4.01. The van der Waals surface area contributed by atoms with Gasteiger partial charge in [-0.3, -0.25) is 0 Å². The molecule has 0 aromatic heterocycles. The molecule has 1 aromatic rings. The Hall–Kier alpha value is -1.36. The lowest BCUT2D eigenvalue weighted by Crippen LogP contribution is -2.15. The summed E-state index contributed by atoms with van der Waals surface area (Å²) in [5.74, 6) is 0.576. The SMILES string of the molecule is CSCC(C)CNc1cccc(C(=O)O)c1N. The van der Waals surface area contributed by atoms with E-state index in [4.69, 9.17) is 10.8 Å². The third-order valence-corrected chi connectivity index (χ3v) is 3.33. The molecule has 17 heavy (non-hydrogen) atoms. The summed E-state index contributed by atoms with van der Waals surface area (Å²) in [6.07, 6.45) is 2.07. The minimum Gasteiger partial charge on any atom is -0.478 e. The van der Waals surface area contributed by atoms with Crippen molar-refractivity contribution in [1.82, 2.24) is 0 Å². The maximum atomic E-state index is 10.9. The van der Waals surface area contributed by atoms with Gasteiger partial charge >= 0.3 is 5.97 Å². The molecule has 0 aliphatic heterocycles. The smallest absolute Gasteiger partial charge is 0.337 e. The van der Waals surface area contributed by atoms with Gasteiger partial charge in [-0.05, 0) is 30.1 Å². The number of nitrogen functional groups attached to an aromatic ring is 1. The van der Waals surface area contributed by atoms with Gasteiger partial charge < -0.3 is 16.2 Å². The van der Waals surface area contributed by atoms with Gasteiger partial charge in [0.25, 0.3) is 0 Å². The summed E-state index contributed by atoms with van der Waals surface area (Å²) in [6.45, 7) is 2.93. The van der Waals surface area contributed by atoms with Crippen LogP contribution in [0.4, 0.5) is 11.4 Å². The molecule has 0 fully saturated rings. The summed E-state index contributed by atoms with van der Waals surface area (Å²) in [5.41, 5.74) is 6.94. The molecule has 1 atom stereocenters. The Morgan fingerprint density at radius 1 is 1.59 bits per heavy atom. The number of para-hydroxylation sites is 1. The van der Waals surface area contributed by atoms with Crippen LogP contribution in [0.25, 0.3) is 0 Å². The largest absolute Gasteiger partial charge is 0.478 e. The van der Waals surface area contributed by atoms with Crippen molar-refractivity contribution in [3.8, 4) is 0 Å². The molecule has 1 unspecified atom stereocenters. The van der Waals surface area contributed by atoms with Crippen molar-refractivity contribution >= 4 is 29.1 Å². The molecule has 0 aliphatic carbocycles. The summed E-state index contributed by atoms with van der Waals surface area (Å²) in [6, 6.07) is 5.00. The summed E-state index contributed by atoms with van der Waals surface area (Å²) in [4.78, 5) is 10.9. The molecule has 0 heterocycles. The van der Waals surface area contributed by atoms with E-state index in [1.807, 2.05) is 0 Å². The molecule has 0 saturated carbocycles. The first kappa shape index (κ1) is 13.7. The molecule has 0 radical (unpaired) electrons. The van der Waals surface area contributed by atoms with Crippen LogP contribution >= 0.6 is 11.8 Å². The van der Waals surface area contributed by atoms with Gasteiger partial charge in [0.05, 0.1) is 16.9 Å². The number of hydrogen-bond acceptors (Lipinski definition) is 4. The van der Waals surface area contributed by atoms with Crippen molar-refractivity contribution in [1.29, 1.82) is 0 Å². The van der Waals surface area contributed by atoms with E-state index in [0.717, 1.165) is 12.3 Å². The monoisotopic (exact) mass is 254 g/mol. The van der Waals surface area contributed by atoms with Crippen LogP contribution in [0.5, 0.6) is 0 Å². The summed E-state index contributed by atoms with van der Waals surface area (Å²) in [5, 5.41) is 12.1. The van der Waals surface area contributed by atoms with Gasteiger partial charge in [-0.2, -0.15) is 11.8 Å². The minimum atomic E-state index is -0.997. The lowest BCUT2D eigenvalue weighted by atomic mass is 10.1. The zero-order valence-electron chi connectivity index (χ0n) is 10.1. The van der Waals surface area contributed by atoms with Crippen LogP contribution < -0.4 is 11.1 Å². The first-order chi connectivity index (χ1) is 8.06. The van der Waals surface area contributed by atoms with Crippen molar-refractivity contribution in [3.63, 3.8) is 0 Å². The molecule has 4 nitrogen and oxygen atoms in total. The van der Waals surface area contributed by atoms with Crippen LogP contribution in [0.15, 0.2) is 18.2 Å². The lowest BCUT2D eigenvalue weighted by molar-refractivity contribution is 0.0698. The van der Waals surface area contributed by atoms with Gasteiger partial charge in [0, 0.05) is 6.54 Å². The van der Waals surface area contributed by atoms with Crippen LogP contribution in [0, 0.1) is 5.92 Å².